The van der Waals surface area contributed by atoms with Crippen molar-refractivity contribution in [1.29, 1.82) is 0 Å². The molecule has 0 radical (unpaired) electrons. The molecule has 2 fully saturated rings. The topological polar surface area (TPSA) is 26.3 Å². The molecule has 0 aromatic heterocycles. The van der Waals surface area contributed by atoms with Crippen molar-refractivity contribution in [2.45, 2.75) is 96.7 Å². The summed E-state index contributed by atoms with van der Waals surface area (Å²) in [6.07, 6.45) is 11.6. The molecule has 2 aliphatic rings. The van der Waals surface area contributed by atoms with Gasteiger partial charge in [-0.2, -0.15) is 9.90 Å². The molecule has 0 amide bonds. The molecule has 0 N–H and O–H groups in total. The van der Waals surface area contributed by atoms with E-state index in [2.05, 4.69) is 32.9 Å². The summed E-state index contributed by atoms with van der Waals surface area (Å²) in [5.41, 5.74) is 3.79. The number of Topliss-reactive ketones (excluding diaryl/α,β-unsaturated/α-hetero) is 1. The third-order valence-corrected chi connectivity index (χ3v) is 5.92. The van der Waals surface area contributed by atoms with E-state index < -0.39 is 5.60 Å². The Morgan fingerprint density at radius 1 is 0.920 bits per heavy atom. The number of ketones is 1. The molecule has 25 heavy (non-hydrogen) atoms. The zero-order valence-corrected chi connectivity index (χ0v) is 17.7. The molecule has 0 bridgehead atoms. The second-order valence-electron chi connectivity index (χ2n) is 8.04. The molecule has 0 saturated heterocycles. The highest BCUT2D eigenvalue weighted by Gasteiger charge is 2.43. The van der Waals surface area contributed by atoms with Gasteiger partial charge in [0.25, 0.3) is 0 Å². The molecule has 1 aromatic rings. The zero-order valence-electron chi connectivity index (χ0n) is 16.3. The van der Waals surface area contributed by atoms with Crippen LogP contribution in [0.3, 0.4) is 0 Å². The van der Waals surface area contributed by atoms with E-state index in [1.165, 1.54) is 31.2 Å². The Balaban J connectivity index is 0.00000225. The van der Waals surface area contributed by atoms with Crippen LogP contribution < -0.4 is 0 Å². The largest absolute Gasteiger partial charge is 0.364 e. The van der Waals surface area contributed by atoms with Crippen LogP contribution in [-0.4, -0.2) is 17.5 Å². The number of hydrogen-bond acceptors (Lipinski definition) is 2. The van der Waals surface area contributed by atoms with Gasteiger partial charge in [-0.05, 0) is 57.6 Å². The Morgan fingerprint density at radius 3 is 2.00 bits per heavy atom. The van der Waals surface area contributed by atoms with Gasteiger partial charge < -0.3 is 4.74 Å². The van der Waals surface area contributed by atoms with Crippen LogP contribution in [0.2, 0.25) is 0 Å². The number of aryl methyl sites for hydroxylation is 3. The van der Waals surface area contributed by atoms with E-state index >= 15 is 0 Å². The molecule has 2 aliphatic carbocycles. The van der Waals surface area contributed by atoms with Crippen LogP contribution in [0.5, 0.6) is 0 Å². The molecule has 1 unspecified atom stereocenters. The molecule has 2 nitrogen and oxygen atoms in total. The van der Waals surface area contributed by atoms with E-state index in [-0.39, 0.29) is 21.8 Å². The van der Waals surface area contributed by atoms with Gasteiger partial charge in [-0.25, -0.2) is 0 Å². The summed E-state index contributed by atoms with van der Waals surface area (Å²) in [5.74, 6) is 0.253. The van der Waals surface area contributed by atoms with Crippen molar-refractivity contribution in [2.24, 2.45) is 0 Å². The Kier molecular flexibility index (Phi) is 7.23. The van der Waals surface area contributed by atoms with E-state index in [9.17, 15) is 4.79 Å². The average molecular weight is 362 g/mol. The van der Waals surface area contributed by atoms with Crippen molar-refractivity contribution in [3.05, 3.63) is 34.4 Å². The fourth-order valence-electron chi connectivity index (χ4n) is 4.79. The summed E-state index contributed by atoms with van der Waals surface area (Å²) in [6, 6.07) is 4.27. The van der Waals surface area contributed by atoms with E-state index in [1.54, 1.807) is 0 Å². The first-order chi connectivity index (χ1) is 11.5. The molecule has 3 rings (SSSR count). The van der Waals surface area contributed by atoms with Gasteiger partial charge in [0.15, 0.2) is 5.78 Å². The van der Waals surface area contributed by atoms with Crippen molar-refractivity contribution in [3.63, 3.8) is 0 Å². The van der Waals surface area contributed by atoms with Crippen LogP contribution in [0.4, 0.5) is 0 Å². The highest BCUT2D eigenvalue weighted by molar-refractivity contribution is 6.92. The smallest absolute Gasteiger partial charge is 0.195 e. The molecule has 2 saturated carbocycles. The number of ether oxygens (including phenoxy) is 1. The second-order valence-corrected chi connectivity index (χ2v) is 8.04. The number of hydrogen-bond donors (Lipinski definition) is 0. The molecule has 0 spiro atoms. The standard InChI is InChI=1S/C22H32O2.H3P/c1-16-14-17(2)20(18(3)15-16)21(23)22(12-8-5-9-13-22)24-19-10-6-4-7-11-19;/h14-15,19H,4-13H2,1-3H3;1H3. The number of benzene rings is 1. The van der Waals surface area contributed by atoms with Gasteiger partial charge in [0.2, 0.25) is 0 Å². The number of carbonyl (C=O) groups excluding carboxylic acids is 1. The van der Waals surface area contributed by atoms with Crippen molar-refractivity contribution >= 4 is 15.7 Å². The van der Waals surface area contributed by atoms with Crippen LogP contribution in [0, 0.1) is 20.8 Å². The monoisotopic (exact) mass is 362 g/mol. The van der Waals surface area contributed by atoms with Crippen molar-refractivity contribution in [1.82, 2.24) is 0 Å². The van der Waals surface area contributed by atoms with Crippen LogP contribution in [0.15, 0.2) is 12.1 Å². The van der Waals surface area contributed by atoms with Crippen LogP contribution >= 0.6 is 9.90 Å². The van der Waals surface area contributed by atoms with E-state index in [0.29, 0.717) is 0 Å². The second kappa shape index (κ2) is 8.78. The van der Waals surface area contributed by atoms with E-state index in [4.69, 9.17) is 4.74 Å². The predicted octanol–water partition coefficient (Wildman–Crippen LogP) is 5.90. The average Bonchev–Trinajstić information content (AvgIpc) is 2.55. The molecule has 0 aliphatic heterocycles. The molecular weight excluding hydrogens is 327 g/mol. The first-order valence-corrected chi connectivity index (χ1v) is 9.82. The summed E-state index contributed by atoms with van der Waals surface area (Å²) in [7, 11) is 0. The third kappa shape index (κ3) is 4.52. The minimum atomic E-state index is -0.564. The Labute approximate surface area is 156 Å². The fourth-order valence-corrected chi connectivity index (χ4v) is 4.79. The highest BCUT2D eigenvalue weighted by atomic mass is 31.0. The fraction of sp³-hybridized carbons (Fsp3) is 0.682. The van der Waals surface area contributed by atoms with Crippen molar-refractivity contribution in [3.8, 4) is 0 Å². The molecule has 3 heteroatoms. The van der Waals surface area contributed by atoms with Crippen molar-refractivity contribution < 1.29 is 9.53 Å². The molecule has 1 aromatic carbocycles. The first kappa shape index (κ1) is 20.6. The van der Waals surface area contributed by atoms with Gasteiger partial charge in [-0.1, -0.05) is 56.2 Å². The summed E-state index contributed by atoms with van der Waals surface area (Å²) in [6.45, 7) is 6.25. The molecule has 0 heterocycles. The first-order valence-electron chi connectivity index (χ1n) is 9.82. The lowest BCUT2D eigenvalue weighted by molar-refractivity contribution is -0.0982. The van der Waals surface area contributed by atoms with Crippen LogP contribution in [0.25, 0.3) is 0 Å². The van der Waals surface area contributed by atoms with Gasteiger partial charge in [-0.3, -0.25) is 4.79 Å². The summed E-state index contributed by atoms with van der Waals surface area (Å²) in [5, 5.41) is 0. The summed E-state index contributed by atoms with van der Waals surface area (Å²) in [4.78, 5) is 13.6. The van der Waals surface area contributed by atoms with Gasteiger partial charge >= 0.3 is 0 Å². The van der Waals surface area contributed by atoms with Gasteiger partial charge in [0.05, 0.1) is 6.10 Å². The quantitative estimate of drug-likeness (QED) is 0.492. The minimum Gasteiger partial charge on any atom is -0.364 e. The van der Waals surface area contributed by atoms with Gasteiger partial charge in [0.1, 0.15) is 5.60 Å². The lowest BCUT2D eigenvalue weighted by Gasteiger charge is -2.40. The molecule has 1 atom stereocenters. The van der Waals surface area contributed by atoms with E-state index in [1.807, 2.05) is 0 Å². The highest BCUT2D eigenvalue weighted by Crippen LogP contribution is 2.39. The van der Waals surface area contributed by atoms with Crippen LogP contribution in [-0.2, 0) is 4.74 Å². The lowest BCUT2D eigenvalue weighted by Crippen LogP contribution is -2.47. The maximum Gasteiger partial charge on any atom is 0.195 e. The SMILES string of the molecule is Cc1cc(C)c(C(=O)C2(OC3CCCCC3)CCCCC2)c(C)c1.P. The van der Waals surface area contributed by atoms with Gasteiger partial charge in [0, 0.05) is 5.56 Å². The minimum absolute atomic E-state index is 0. The maximum atomic E-state index is 13.6. The zero-order chi connectivity index (χ0) is 17.2. The number of rotatable bonds is 4. The molecule has 140 valence electrons. The lowest BCUT2D eigenvalue weighted by atomic mass is 9.77. The van der Waals surface area contributed by atoms with E-state index in [0.717, 1.165) is 55.2 Å². The maximum absolute atomic E-state index is 13.6. The summed E-state index contributed by atoms with van der Waals surface area (Å²) >= 11 is 0. The third-order valence-electron chi connectivity index (χ3n) is 5.92. The van der Waals surface area contributed by atoms with Crippen LogP contribution in [0.1, 0.15) is 91.3 Å². The summed E-state index contributed by atoms with van der Waals surface area (Å²) < 4.78 is 6.63. The Hall–Kier alpha value is -0.720. The normalized spacial score (nSPS) is 20.8. The molecular formula is C22H35O2P. The predicted molar refractivity (Wildman–Crippen MR) is 110 cm³/mol. The Morgan fingerprint density at radius 2 is 1.44 bits per heavy atom. The van der Waals surface area contributed by atoms with Crippen molar-refractivity contribution in [2.75, 3.05) is 0 Å². The van der Waals surface area contributed by atoms with Gasteiger partial charge in [-0.15, -0.1) is 0 Å². The number of carbonyl (C=O) groups is 1. The Bertz CT molecular complexity index is 573.